The van der Waals surface area contributed by atoms with Gasteiger partial charge in [-0.15, -0.1) is 0 Å². The molecule has 24 heavy (non-hydrogen) atoms. The normalized spacial score (nSPS) is 11.3. The second-order valence-corrected chi connectivity index (χ2v) is 5.66. The fraction of sp³-hybridized carbons (Fsp3) is 0.100. The predicted octanol–water partition coefficient (Wildman–Crippen LogP) is 4.33. The van der Waals surface area contributed by atoms with Crippen LogP contribution in [0.4, 0.5) is 5.69 Å². The zero-order valence-electron chi connectivity index (χ0n) is 13.6. The third-order valence-electron chi connectivity index (χ3n) is 4.14. The minimum atomic E-state index is -0.406. The van der Waals surface area contributed by atoms with E-state index in [1.54, 1.807) is 12.3 Å². The van der Waals surface area contributed by atoms with Crippen LogP contribution in [-0.4, -0.2) is 10.9 Å². The number of hydrogen-bond donors (Lipinski definition) is 2. The van der Waals surface area contributed by atoms with Crippen molar-refractivity contribution in [3.63, 3.8) is 0 Å². The third kappa shape index (κ3) is 2.92. The smallest absolute Gasteiger partial charge is 0.266 e. The summed E-state index contributed by atoms with van der Waals surface area (Å²) in [5.74, 6) is -0.406. The van der Waals surface area contributed by atoms with Crippen LogP contribution in [0, 0.1) is 25.2 Å². The molecule has 0 unspecified atom stereocenters. The lowest BCUT2D eigenvalue weighted by molar-refractivity contribution is -0.112. The number of nitriles is 1. The quantitative estimate of drug-likeness (QED) is 0.558. The number of hydrogen-bond acceptors (Lipinski definition) is 2. The molecular weight excluding hydrogens is 298 g/mol. The van der Waals surface area contributed by atoms with Crippen LogP contribution in [0.5, 0.6) is 0 Å². The summed E-state index contributed by atoms with van der Waals surface area (Å²) >= 11 is 0. The van der Waals surface area contributed by atoms with E-state index in [0.29, 0.717) is 0 Å². The molecule has 118 valence electrons. The Kier molecular flexibility index (Phi) is 4.17. The number of carbonyl (C=O) groups excluding carboxylic acids is 1. The van der Waals surface area contributed by atoms with E-state index in [9.17, 15) is 10.1 Å². The lowest BCUT2D eigenvalue weighted by Crippen LogP contribution is -2.14. The molecule has 4 nitrogen and oxygen atoms in total. The van der Waals surface area contributed by atoms with Gasteiger partial charge in [0, 0.05) is 28.4 Å². The molecule has 4 heteroatoms. The molecule has 1 aromatic heterocycles. The Hall–Kier alpha value is -3.32. The van der Waals surface area contributed by atoms with Crippen molar-refractivity contribution in [2.75, 3.05) is 5.32 Å². The number of nitrogens with one attached hydrogen (secondary N) is 2. The van der Waals surface area contributed by atoms with Crippen molar-refractivity contribution < 1.29 is 4.79 Å². The number of aromatic nitrogens is 1. The van der Waals surface area contributed by atoms with Gasteiger partial charge in [0.15, 0.2) is 0 Å². The van der Waals surface area contributed by atoms with Gasteiger partial charge in [-0.25, -0.2) is 0 Å². The molecule has 0 aliphatic heterocycles. The van der Waals surface area contributed by atoms with Crippen LogP contribution in [0.25, 0.3) is 17.0 Å². The molecule has 0 atom stereocenters. The minimum Gasteiger partial charge on any atom is -0.361 e. The molecule has 2 aromatic carbocycles. The first kappa shape index (κ1) is 15.6. The number of aromatic amines is 1. The SMILES string of the molecule is Cc1cccc(NC(=O)/C(C#N)=C/c2c[nH]c3ccccc23)c1C. The first-order valence-electron chi connectivity index (χ1n) is 7.65. The van der Waals surface area contributed by atoms with E-state index in [-0.39, 0.29) is 5.57 Å². The Balaban J connectivity index is 1.92. The van der Waals surface area contributed by atoms with Crippen LogP contribution in [0.15, 0.2) is 54.2 Å². The second kappa shape index (κ2) is 6.43. The number of anilines is 1. The summed E-state index contributed by atoms with van der Waals surface area (Å²) < 4.78 is 0. The summed E-state index contributed by atoms with van der Waals surface area (Å²) in [6.07, 6.45) is 3.41. The highest BCUT2D eigenvalue weighted by Gasteiger charge is 2.12. The van der Waals surface area contributed by atoms with Crippen LogP contribution in [-0.2, 0) is 4.79 Å². The average Bonchev–Trinajstić information content (AvgIpc) is 3.00. The van der Waals surface area contributed by atoms with E-state index in [1.165, 1.54) is 0 Å². The summed E-state index contributed by atoms with van der Waals surface area (Å²) in [5.41, 5.74) is 4.66. The summed E-state index contributed by atoms with van der Waals surface area (Å²) in [6, 6.07) is 15.5. The van der Waals surface area contributed by atoms with Gasteiger partial charge in [0.1, 0.15) is 11.6 Å². The van der Waals surface area contributed by atoms with E-state index < -0.39 is 5.91 Å². The number of benzene rings is 2. The summed E-state index contributed by atoms with van der Waals surface area (Å²) in [7, 11) is 0. The minimum absolute atomic E-state index is 0.0701. The van der Waals surface area contributed by atoms with Gasteiger partial charge in [-0.1, -0.05) is 30.3 Å². The molecule has 0 aliphatic rings. The van der Waals surface area contributed by atoms with Gasteiger partial charge in [0.2, 0.25) is 0 Å². The van der Waals surface area contributed by atoms with E-state index in [2.05, 4.69) is 10.3 Å². The molecule has 1 heterocycles. The Labute approximate surface area is 140 Å². The number of aryl methyl sites for hydroxylation is 1. The number of para-hydroxylation sites is 1. The number of H-pyrrole nitrogens is 1. The monoisotopic (exact) mass is 315 g/mol. The maximum Gasteiger partial charge on any atom is 0.266 e. The zero-order chi connectivity index (χ0) is 17.1. The van der Waals surface area contributed by atoms with Crippen LogP contribution in [0.2, 0.25) is 0 Å². The van der Waals surface area contributed by atoms with Gasteiger partial charge >= 0.3 is 0 Å². The Morgan fingerprint density at radius 1 is 1.17 bits per heavy atom. The molecule has 0 bridgehead atoms. The van der Waals surface area contributed by atoms with Gasteiger partial charge in [-0.3, -0.25) is 4.79 Å². The van der Waals surface area contributed by atoms with E-state index in [1.807, 2.05) is 62.4 Å². The molecule has 1 amide bonds. The number of nitrogens with zero attached hydrogens (tertiary/aromatic N) is 1. The maximum atomic E-state index is 12.5. The van der Waals surface area contributed by atoms with Gasteiger partial charge in [0.25, 0.3) is 5.91 Å². The lowest BCUT2D eigenvalue weighted by atomic mass is 10.1. The fourth-order valence-corrected chi connectivity index (χ4v) is 2.59. The summed E-state index contributed by atoms with van der Waals surface area (Å²) in [4.78, 5) is 15.6. The summed E-state index contributed by atoms with van der Waals surface area (Å²) in [5, 5.41) is 13.2. The van der Waals surface area contributed by atoms with Gasteiger partial charge < -0.3 is 10.3 Å². The molecule has 0 fully saturated rings. The number of amides is 1. The summed E-state index contributed by atoms with van der Waals surface area (Å²) in [6.45, 7) is 3.93. The molecule has 3 rings (SSSR count). The molecule has 0 saturated heterocycles. The van der Waals surface area contributed by atoms with Crippen molar-refractivity contribution in [2.24, 2.45) is 0 Å². The van der Waals surface area contributed by atoms with Crippen molar-refractivity contribution >= 4 is 28.6 Å². The highest BCUT2D eigenvalue weighted by atomic mass is 16.1. The number of rotatable bonds is 3. The predicted molar refractivity (Wildman–Crippen MR) is 96.4 cm³/mol. The average molecular weight is 315 g/mol. The molecule has 0 aliphatic carbocycles. The van der Waals surface area contributed by atoms with Gasteiger partial charge in [0.05, 0.1) is 0 Å². The lowest BCUT2D eigenvalue weighted by Gasteiger charge is -2.09. The Morgan fingerprint density at radius 3 is 2.75 bits per heavy atom. The molecule has 3 aromatic rings. The third-order valence-corrected chi connectivity index (χ3v) is 4.14. The fourth-order valence-electron chi connectivity index (χ4n) is 2.59. The van der Waals surface area contributed by atoms with E-state index >= 15 is 0 Å². The molecule has 0 saturated carbocycles. The highest BCUT2D eigenvalue weighted by Crippen LogP contribution is 2.22. The topological polar surface area (TPSA) is 68.7 Å². The molecular formula is C20H17N3O. The number of fused-ring (bicyclic) bond motifs is 1. The molecule has 2 N–H and O–H groups in total. The largest absolute Gasteiger partial charge is 0.361 e. The first-order chi connectivity index (χ1) is 11.6. The van der Waals surface area contributed by atoms with Crippen molar-refractivity contribution in [2.45, 2.75) is 13.8 Å². The van der Waals surface area contributed by atoms with Crippen molar-refractivity contribution in [1.29, 1.82) is 5.26 Å². The van der Waals surface area contributed by atoms with E-state index in [4.69, 9.17) is 0 Å². The second-order valence-electron chi connectivity index (χ2n) is 5.66. The van der Waals surface area contributed by atoms with Crippen molar-refractivity contribution in [3.8, 4) is 6.07 Å². The van der Waals surface area contributed by atoms with Gasteiger partial charge in [-0.2, -0.15) is 5.26 Å². The van der Waals surface area contributed by atoms with Gasteiger partial charge in [-0.05, 0) is 43.2 Å². The molecule has 0 radical (unpaired) electrons. The standard InChI is InChI=1S/C20H17N3O/c1-13-6-5-9-18(14(13)2)23-20(24)15(11-21)10-16-12-22-19-8-4-3-7-17(16)19/h3-10,12,22H,1-2H3,(H,23,24)/b15-10+. The zero-order valence-corrected chi connectivity index (χ0v) is 13.6. The first-order valence-corrected chi connectivity index (χ1v) is 7.65. The Morgan fingerprint density at radius 2 is 1.96 bits per heavy atom. The van der Waals surface area contributed by atoms with Crippen LogP contribution < -0.4 is 5.32 Å². The van der Waals surface area contributed by atoms with Crippen LogP contribution in [0.3, 0.4) is 0 Å². The Bertz CT molecular complexity index is 990. The van der Waals surface area contributed by atoms with Crippen LogP contribution >= 0.6 is 0 Å². The van der Waals surface area contributed by atoms with Crippen molar-refractivity contribution in [3.05, 3.63) is 70.9 Å². The maximum absolute atomic E-state index is 12.5. The molecule has 0 spiro atoms. The number of carbonyl (C=O) groups is 1. The van der Waals surface area contributed by atoms with Crippen molar-refractivity contribution in [1.82, 2.24) is 4.98 Å². The van der Waals surface area contributed by atoms with Crippen LogP contribution in [0.1, 0.15) is 16.7 Å². The highest BCUT2D eigenvalue weighted by molar-refractivity contribution is 6.11. The van der Waals surface area contributed by atoms with E-state index in [0.717, 1.165) is 33.3 Å².